The fourth-order valence-electron chi connectivity index (χ4n) is 2.36. The summed E-state index contributed by atoms with van der Waals surface area (Å²) in [6.07, 6.45) is 0.300. The molecule has 0 aromatic heterocycles. The van der Waals surface area contributed by atoms with E-state index in [1.54, 1.807) is 0 Å². The molecule has 0 amide bonds. The highest BCUT2D eigenvalue weighted by atomic mass is 16.5. The molecule has 1 atom stereocenters. The summed E-state index contributed by atoms with van der Waals surface area (Å²) in [5, 5.41) is 8.91. The van der Waals surface area contributed by atoms with Crippen LogP contribution in [0.3, 0.4) is 0 Å². The molecule has 2 N–H and O–H groups in total. The number of carbonyl (C=O) groups is 2. The van der Waals surface area contributed by atoms with E-state index in [1.165, 1.54) is 0 Å². The lowest BCUT2D eigenvalue weighted by Crippen LogP contribution is -2.29. The van der Waals surface area contributed by atoms with Crippen LogP contribution in [0.25, 0.3) is 0 Å². The first kappa shape index (κ1) is 19.6. The second-order valence-electron chi connectivity index (χ2n) is 5.84. The van der Waals surface area contributed by atoms with E-state index in [4.69, 9.17) is 14.7 Å². The molecule has 0 aliphatic carbocycles. The summed E-state index contributed by atoms with van der Waals surface area (Å²) in [4.78, 5) is 24.0. The Kier molecular flexibility index (Phi) is 8.32. The molecule has 138 valence electrons. The first-order chi connectivity index (χ1) is 12.7. The lowest BCUT2D eigenvalue weighted by molar-refractivity contribution is -0.151. The Labute approximate surface area is 152 Å². The van der Waals surface area contributed by atoms with Crippen LogP contribution in [0.2, 0.25) is 0 Å². The highest BCUT2D eigenvalue weighted by Crippen LogP contribution is 2.12. The molecular formula is C20H23NO5. The molecule has 0 bridgehead atoms. The van der Waals surface area contributed by atoms with Gasteiger partial charge in [-0.25, -0.2) is 5.48 Å². The molecule has 0 radical (unpaired) electrons. The lowest BCUT2D eigenvalue weighted by atomic mass is 10.0. The predicted octanol–water partition coefficient (Wildman–Crippen LogP) is 2.85. The van der Waals surface area contributed by atoms with Gasteiger partial charge >= 0.3 is 11.9 Å². The molecule has 0 spiro atoms. The Morgan fingerprint density at radius 3 is 1.96 bits per heavy atom. The summed E-state index contributed by atoms with van der Waals surface area (Å²) in [7, 11) is 0. The maximum Gasteiger partial charge on any atom is 0.310 e. The Morgan fingerprint density at radius 1 is 0.885 bits per heavy atom. The smallest absolute Gasteiger partial charge is 0.310 e. The molecule has 0 aliphatic rings. The zero-order chi connectivity index (χ0) is 18.6. The second-order valence-corrected chi connectivity index (χ2v) is 5.84. The minimum atomic E-state index is -0.631. The van der Waals surface area contributed by atoms with E-state index < -0.39 is 17.9 Å². The van der Waals surface area contributed by atoms with Crippen molar-refractivity contribution >= 4 is 11.9 Å². The van der Waals surface area contributed by atoms with Gasteiger partial charge in [-0.2, -0.15) is 0 Å². The van der Waals surface area contributed by atoms with E-state index >= 15 is 0 Å². The summed E-state index contributed by atoms with van der Waals surface area (Å²) in [5.74, 6) is -1.49. The van der Waals surface area contributed by atoms with E-state index in [2.05, 4.69) is 0 Å². The molecule has 0 saturated heterocycles. The molecule has 2 rings (SSSR count). The number of benzene rings is 2. The van der Waals surface area contributed by atoms with E-state index in [-0.39, 0.29) is 32.6 Å². The average Bonchev–Trinajstić information content (AvgIpc) is 2.69. The molecule has 0 aliphatic heterocycles. The van der Waals surface area contributed by atoms with Gasteiger partial charge in [0.1, 0.15) is 13.2 Å². The van der Waals surface area contributed by atoms with Crippen molar-refractivity contribution in [1.82, 2.24) is 5.48 Å². The van der Waals surface area contributed by atoms with E-state index in [0.29, 0.717) is 0 Å². The van der Waals surface area contributed by atoms with Crippen LogP contribution < -0.4 is 5.48 Å². The van der Waals surface area contributed by atoms with Crippen LogP contribution in [-0.4, -0.2) is 23.7 Å². The topological polar surface area (TPSA) is 84.9 Å². The molecule has 6 nitrogen and oxygen atoms in total. The zero-order valence-corrected chi connectivity index (χ0v) is 14.5. The Bertz CT molecular complexity index is 675. The lowest BCUT2D eigenvalue weighted by Gasteiger charge is -2.15. The Balaban J connectivity index is 1.75. The van der Waals surface area contributed by atoms with Crippen molar-refractivity contribution in [2.45, 2.75) is 26.1 Å². The van der Waals surface area contributed by atoms with Gasteiger partial charge in [-0.1, -0.05) is 60.7 Å². The first-order valence-corrected chi connectivity index (χ1v) is 8.46. The van der Waals surface area contributed by atoms with Gasteiger partial charge in [-0.05, 0) is 17.5 Å². The molecule has 2 aromatic carbocycles. The number of esters is 2. The van der Waals surface area contributed by atoms with Crippen LogP contribution in [0, 0.1) is 5.92 Å². The average molecular weight is 357 g/mol. The van der Waals surface area contributed by atoms with Crippen molar-refractivity contribution < 1.29 is 24.3 Å². The fourth-order valence-corrected chi connectivity index (χ4v) is 2.36. The maximum absolute atomic E-state index is 12.2. The summed E-state index contributed by atoms with van der Waals surface area (Å²) in [6, 6.07) is 18.7. The van der Waals surface area contributed by atoms with E-state index in [0.717, 1.165) is 11.1 Å². The van der Waals surface area contributed by atoms with Gasteiger partial charge in [-0.3, -0.25) is 9.59 Å². The predicted molar refractivity (Wildman–Crippen MR) is 95.0 cm³/mol. The SMILES string of the molecule is O=C(CCC(CNO)C(=O)OCc1ccccc1)OCc1ccccc1. The Morgan fingerprint density at radius 2 is 1.42 bits per heavy atom. The summed E-state index contributed by atoms with van der Waals surface area (Å²) in [6.45, 7) is 0.362. The van der Waals surface area contributed by atoms with Crippen LogP contribution in [0.4, 0.5) is 0 Å². The van der Waals surface area contributed by atoms with Crippen LogP contribution in [0.1, 0.15) is 24.0 Å². The maximum atomic E-state index is 12.2. The van der Waals surface area contributed by atoms with Crippen LogP contribution >= 0.6 is 0 Å². The van der Waals surface area contributed by atoms with Gasteiger partial charge in [-0.15, -0.1) is 0 Å². The second kappa shape index (κ2) is 11.0. The fraction of sp³-hybridized carbons (Fsp3) is 0.300. The van der Waals surface area contributed by atoms with E-state index in [9.17, 15) is 9.59 Å². The Hall–Kier alpha value is -2.70. The quantitative estimate of drug-likeness (QED) is 0.502. The highest BCUT2D eigenvalue weighted by molar-refractivity contribution is 5.74. The van der Waals surface area contributed by atoms with Gasteiger partial charge in [0.2, 0.25) is 0 Å². The largest absolute Gasteiger partial charge is 0.461 e. The molecule has 26 heavy (non-hydrogen) atoms. The number of ether oxygens (including phenoxy) is 2. The molecule has 0 fully saturated rings. The summed E-state index contributed by atoms with van der Waals surface area (Å²) in [5.41, 5.74) is 3.75. The van der Waals surface area contributed by atoms with E-state index in [1.807, 2.05) is 66.1 Å². The van der Waals surface area contributed by atoms with Crippen LogP contribution in [0.15, 0.2) is 60.7 Å². The number of carbonyl (C=O) groups excluding carboxylic acids is 2. The third-order valence-corrected chi connectivity index (χ3v) is 3.83. The van der Waals surface area contributed by atoms with Crippen molar-refractivity contribution in [2.24, 2.45) is 5.92 Å². The highest BCUT2D eigenvalue weighted by Gasteiger charge is 2.21. The van der Waals surface area contributed by atoms with Gasteiger partial charge in [0.15, 0.2) is 0 Å². The molecule has 0 saturated carbocycles. The normalized spacial score (nSPS) is 11.6. The monoisotopic (exact) mass is 357 g/mol. The zero-order valence-electron chi connectivity index (χ0n) is 14.5. The number of nitrogens with one attached hydrogen (secondary N) is 1. The molecular weight excluding hydrogens is 334 g/mol. The van der Waals surface area contributed by atoms with Gasteiger partial charge in [0, 0.05) is 13.0 Å². The van der Waals surface area contributed by atoms with Gasteiger partial charge in [0.05, 0.1) is 5.92 Å². The number of hydrogen-bond donors (Lipinski definition) is 2. The number of hydroxylamine groups is 1. The molecule has 6 heteroatoms. The third kappa shape index (κ3) is 7.04. The summed E-state index contributed by atoms with van der Waals surface area (Å²) < 4.78 is 10.5. The standard InChI is InChI=1S/C20H23NO5/c22-19(25-14-16-7-3-1-4-8-16)12-11-18(13-21-24)20(23)26-15-17-9-5-2-6-10-17/h1-10,18,21,24H,11-15H2. The number of hydrogen-bond acceptors (Lipinski definition) is 6. The summed E-state index contributed by atoms with van der Waals surface area (Å²) >= 11 is 0. The third-order valence-electron chi connectivity index (χ3n) is 3.83. The molecule has 1 unspecified atom stereocenters. The van der Waals surface area contributed by atoms with Crippen molar-refractivity contribution in [1.29, 1.82) is 0 Å². The minimum absolute atomic E-state index is 0.0135. The molecule has 0 heterocycles. The van der Waals surface area contributed by atoms with Gasteiger partial charge < -0.3 is 14.7 Å². The van der Waals surface area contributed by atoms with Crippen molar-refractivity contribution in [3.8, 4) is 0 Å². The van der Waals surface area contributed by atoms with Crippen molar-refractivity contribution in [3.63, 3.8) is 0 Å². The molecule has 2 aromatic rings. The first-order valence-electron chi connectivity index (χ1n) is 8.46. The van der Waals surface area contributed by atoms with Crippen molar-refractivity contribution in [3.05, 3.63) is 71.8 Å². The number of rotatable bonds is 10. The minimum Gasteiger partial charge on any atom is -0.461 e. The van der Waals surface area contributed by atoms with Gasteiger partial charge in [0.25, 0.3) is 0 Å². The van der Waals surface area contributed by atoms with Crippen molar-refractivity contribution in [2.75, 3.05) is 6.54 Å². The van der Waals surface area contributed by atoms with Crippen LogP contribution in [-0.2, 0) is 32.3 Å². The van der Waals surface area contributed by atoms with Crippen LogP contribution in [0.5, 0.6) is 0 Å².